The normalized spacial score (nSPS) is 9.39. The van der Waals surface area contributed by atoms with E-state index < -0.39 is 0 Å². The molecule has 0 radical (unpaired) electrons. The highest BCUT2D eigenvalue weighted by molar-refractivity contribution is 5.93. The van der Waals surface area contributed by atoms with Crippen LogP contribution in [0.25, 0.3) is 0 Å². The van der Waals surface area contributed by atoms with Crippen molar-refractivity contribution in [2.45, 2.75) is 6.54 Å². The molecule has 1 aromatic carbocycles. The Hall–Kier alpha value is -1.91. The van der Waals surface area contributed by atoms with Gasteiger partial charge in [0.2, 0.25) is 0 Å². The van der Waals surface area contributed by atoms with Crippen molar-refractivity contribution in [3.05, 3.63) is 66.0 Å². The number of carbonyl (C=O) groups is 1. The summed E-state index contributed by atoms with van der Waals surface area (Å²) < 4.78 is 0. The van der Waals surface area contributed by atoms with Crippen LogP contribution in [0, 0.1) is 0 Å². The van der Waals surface area contributed by atoms with Crippen LogP contribution in [0.3, 0.4) is 0 Å². The zero-order valence-corrected chi connectivity index (χ0v) is 10.5. The first kappa shape index (κ1) is 14.2. The predicted molar refractivity (Wildman–Crippen MR) is 72.0 cm³/mol. The Morgan fingerprint density at radius 2 is 1.89 bits per heavy atom. The van der Waals surface area contributed by atoms with Gasteiger partial charge in [-0.3, -0.25) is 14.8 Å². The van der Waals surface area contributed by atoms with Gasteiger partial charge in [-0.1, -0.05) is 30.3 Å². The van der Waals surface area contributed by atoms with Gasteiger partial charge in [0.05, 0.1) is 12.1 Å². The van der Waals surface area contributed by atoms with Gasteiger partial charge in [0.15, 0.2) is 0 Å². The summed E-state index contributed by atoms with van der Waals surface area (Å²) in [5, 5.41) is 1.19. The lowest BCUT2D eigenvalue weighted by atomic mass is 10.2. The number of hydrogen-bond acceptors (Lipinski definition) is 3. The third-order valence-electron chi connectivity index (χ3n) is 2.37. The maximum absolute atomic E-state index is 11.9. The van der Waals surface area contributed by atoms with Crippen molar-refractivity contribution < 1.29 is 4.79 Å². The number of nitrogens with zero attached hydrogens (tertiary/aromatic N) is 2. The average molecular weight is 264 g/mol. The minimum atomic E-state index is -0.234. The van der Waals surface area contributed by atoms with Crippen LogP contribution in [0.1, 0.15) is 15.9 Å². The molecule has 0 unspecified atom stereocenters. The first-order valence-electron chi connectivity index (χ1n) is 5.28. The maximum atomic E-state index is 11.9. The maximum Gasteiger partial charge on any atom is 0.269 e. The van der Waals surface area contributed by atoms with Crippen LogP contribution < -0.4 is 5.84 Å². The zero-order valence-electron chi connectivity index (χ0n) is 9.69. The molecule has 1 aromatic heterocycles. The highest BCUT2D eigenvalue weighted by Crippen LogP contribution is 2.05. The van der Waals surface area contributed by atoms with Crippen LogP contribution in [-0.2, 0) is 6.54 Å². The molecule has 4 nitrogen and oxygen atoms in total. The molecule has 0 bridgehead atoms. The molecule has 2 N–H and O–H groups in total. The number of nitrogens with two attached hydrogens (primary N) is 1. The second kappa shape index (κ2) is 6.74. The summed E-state index contributed by atoms with van der Waals surface area (Å²) in [5.41, 5.74) is 1.48. The molecule has 0 saturated heterocycles. The summed E-state index contributed by atoms with van der Waals surface area (Å²) >= 11 is 0. The van der Waals surface area contributed by atoms with Crippen LogP contribution in [0.5, 0.6) is 0 Å². The molecule has 2 rings (SSSR count). The highest BCUT2D eigenvalue weighted by atomic mass is 35.5. The number of hydrazine groups is 1. The number of amides is 1. The fourth-order valence-electron chi connectivity index (χ4n) is 1.51. The minimum absolute atomic E-state index is 0. The smallest absolute Gasteiger partial charge is 0.269 e. The number of benzene rings is 1. The topological polar surface area (TPSA) is 59.2 Å². The second-order valence-electron chi connectivity index (χ2n) is 3.66. The van der Waals surface area contributed by atoms with Gasteiger partial charge in [-0.25, -0.2) is 5.84 Å². The number of pyridine rings is 1. The second-order valence-corrected chi connectivity index (χ2v) is 3.66. The first-order chi connectivity index (χ1) is 8.27. The van der Waals surface area contributed by atoms with E-state index in [1.165, 1.54) is 11.2 Å². The Morgan fingerprint density at radius 3 is 2.50 bits per heavy atom. The Morgan fingerprint density at radius 1 is 1.17 bits per heavy atom. The van der Waals surface area contributed by atoms with Crippen molar-refractivity contribution in [1.82, 2.24) is 9.99 Å². The highest BCUT2D eigenvalue weighted by Gasteiger charge is 2.12. The number of rotatable bonds is 3. The van der Waals surface area contributed by atoms with Gasteiger partial charge in [-0.05, 0) is 17.7 Å². The van der Waals surface area contributed by atoms with Gasteiger partial charge >= 0.3 is 0 Å². The van der Waals surface area contributed by atoms with E-state index in [1.807, 2.05) is 30.3 Å². The van der Waals surface area contributed by atoms with Gasteiger partial charge < -0.3 is 0 Å². The number of aromatic nitrogens is 1. The molecule has 1 heterocycles. The van der Waals surface area contributed by atoms with Gasteiger partial charge in [0.25, 0.3) is 5.91 Å². The van der Waals surface area contributed by atoms with Crippen molar-refractivity contribution in [2.24, 2.45) is 5.84 Å². The molecule has 18 heavy (non-hydrogen) atoms. The van der Waals surface area contributed by atoms with E-state index in [-0.39, 0.29) is 18.3 Å². The predicted octanol–water partition coefficient (Wildman–Crippen LogP) is 2.02. The van der Waals surface area contributed by atoms with E-state index >= 15 is 0 Å². The van der Waals surface area contributed by atoms with Crippen LogP contribution in [0.2, 0.25) is 0 Å². The summed E-state index contributed by atoms with van der Waals surface area (Å²) in [4.78, 5) is 15.8. The van der Waals surface area contributed by atoms with Gasteiger partial charge in [0.1, 0.15) is 0 Å². The molecule has 0 aliphatic heterocycles. The van der Waals surface area contributed by atoms with E-state index in [1.54, 1.807) is 18.3 Å². The lowest BCUT2D eigenvalue weighted by Crippen LogP contribution is -2.36. The summed E-state index contributed by atoms with van der Waals surface area (Å²) in [5.74, 6) is 5.50. The fraction of sp³-hybridized carbons (Fsp3) is 0.0769. The standard InChI is InChI=1S/C13H13N3O.ClH/c14-16(10-11-5-2-1-3-6-11)13(17)12-7-4-8-15-9-12;/h1-9H,10,14H2;1H. The molecular weight excluding hydrogens is 250 g/mol. The summed E-state index contributed by atoms with van der Waals surface area (Å²) in [6.07, 6.45) is 3.13. The lowest BCUT2D eigenvalue weighted by molar-refractivity contribution is 0.0742. The molecule has 0 aliphatic rings. The average Bonchev–Trinajstić information content (AvgIpc) is 2.40. The van der Waals surface area contributed by atoms with Crippen molar-refractivity contribution in [3.63, 3.8) is 0 Å². The summed E-state index contributed by atoms with van der Waals surface area (Å²) in [6.45, 7) is 0.383. The van der Waals surface area contributed by atoms with Crippen molar-refractivity contribution >= 4 is 18.3 Å². The third-order valence-corrected chi connectivity index (χ3v) is 2.37. The SMILES string of the molecule is Cl.NN(Cc1ccccc1)C(=O)c1cccnc1. The van der Waals surface area contributed by atoms with Crippen molar-refractivity contribution in [2.75, 3.05) is 0 Å². The van der Waals surface area contributed by atoms with Crippen LogP contribution in [0.15, 0.2) is 54.9 Å². The molecule has 0 spiro atoms. The molecule has 0 fully saturated rings. The van der Waals surface area contributed by atoms with E-state index in [0.29, 0.717) is 12.1 Å². The first-order valence-corrected chi connectivity index (χ1v) is 5.28. The largest absolute Gasteiger partial charge is 0.272 e. The van der Waals surface area contributed by atoms with Crippen LogP contribution >= 0.6 is 12.4 Å². The van der Waals surface area contributed by atoms with Crippen LogP contribution in [0.4, 0.5) is 0 Å². The zero-order chi connectivity index (χ0) is 12.1. The van der Waals surface area contributed by atoms with E-state index in [9.17, 15) is 4.79 Å². The minimum Gasteiger partial charge on any atom is -0.272 e. The number of halogens is 1. The molecule has 5 heteroatoms. The molecular formula is C13H14ClN3O. The van der Waals surface area contributed by atoms with Gasteiger partial charge in [-0.2, -0.15) is 0 Å². The Kier molecular flexibility index (Phi) is 5.30. The summed E-state index contributed by atoms with van der Waals surface area (Å²) in [7, 11) is 0. The quantitative estimate of drug-likeness (QED) is 0.524. The van der Waals surface area contributed by atoms with Gasteiger partial charge in [-0.15, -0.1) is 12.4 Å². The Bertz CT molecular complexity index is 490. The van der Waals surface area contributed by atoms with Gasteiger partial charge in [0, 0.05) is 12.4 Å². The molecule has 2 aromatic rings. The molecule has 0 atom stereocenters. The van der Waals surface area contributed by atoms with E-state index in [4.69, 9.17) is 5.84 Å². The lowest BCUT2D eigenvalue weighted by Gasteiger charge is -2.16. The van der Waals surface area contributed by atoms with E-state index in [2.05, 4.69) is 4.98 Å². The fourth-order valence-corrected chi connectivity index (χ4v) is 1.51. The Balaban J connectivity index is 0.00000162. The summed E-state index contributed by atoms with van der Waals surface area (Å²) in [6, 6.07) is 13.0. The van der Waals surface area contributed by atoms with Crippen molar-refractivity contribution in [1.29, 1.82) is 0 Å². The Labute approximate surface area is 112 Å². The monoisotopic (exact) mass is 263 g/mol. The van der Waals surface area contributed by atoms with Crippen molar-refractivity contribution in [3.8, 4) is 0 Å². The number of hydrogen-bond donors (Lipinski definition) is 1. The third kappa shape index (κ3) is 3.55. The molecule has 0 saturated carbocycles. The van der Waals surface area contributed by atoms with Crippen LogP contribution in [-0.4, -0.2) is 15.9 Å². The van der Waals surface area contributed by atoms with E-state index in [0.717, 1.165) is 5.56 Å². The number of carbonyl (C=O) groups excluding carboxylic acids is 1. The molecule has 0 aliphatic carbocycles. The molecule has 1 amide bonds. The molecule has 94 valence electrons.